The van der Waals surface area contributed by atoms with Crippen molar-refractivity contribution in [2.24, 2.45) is 11.7 Å². The third-order valence-electron chi connectivity index (χ3n) is 6.20. The van der Waals surface area contributed by atoms with Crippen molar-refractivity contribution >= 4 is 17.8 Å². The number of aryl methyl sites for hydroxylation is 1. The van der Waals surface area contributed by atoms with Gasteiger partial charge in [-0.1, -0.05) is 6.07 Å². The van der Waals surface area contributed by atoms with Crippen LogP contribution in [0.3, 0.4) is 0 Å². The number of aldehydes is 1. The van der Waals surface area contributed by atoms with Crippen molar-refractivity contribution in [2.45, 2.75) is 38.5 Å². The molecule has 0 bridgehead atoms. The van der Waals surface area contributed by atoms with Crippen molar-refractivity contribution in [3.8, 4) is 22.6 Å². The molecule has 4 aromatic heterocycles. The molecule has 5 rings (SSSR count). The number of hydrogen-bond donors (Lipinski definition) is 2. The van der Waals surface area contributed by atoms with E-state index in [2.05, 4.69) is 25.3 Å². The lowest BCUT2D eigenvalue weighted by molar-refractivity contribution is -0.111. The number of primary amides is 1. The monoisotopic (exact) mass is 429 g/mol. The summed E-state index contributed by atoms with van der Waals surface area (Å²) < 4.78 is 1.56. The van der Waals surface area contributed by atoms with E-state index in [1.165, 1.54) is 0 Å². The zero-order valence-electron chi connectivity index (χ0n) is 17.7. The van der Waals surface area contributed by atoms with E-state index in [0.29, 0.717) is 22.7 Å². The Morgan fingerprint density at radius 1 is 1.19 bits per heavy atom. The fraction of sp³-hybridized carbons (Fsp3) is 0.304. The number of nitrogens with two attached hydrogens (primary N) is 1. The molecule has 4 aromatic rings. The number of carbonyl (C=O) groups excluding carboxylic acids is 2. The first-order chi connectivity index (χ1) is 15.6. The van der Waals surface area contributed by atoms with Crippen LogP contribution in [-0.2, 0) is 4.79 Å². The molecule has 0 radical (unpaired) electrons. The van der Waals surface area contributed by atoms with Crippen molar-refractivity contribution in [3.63, 3.8) is 0 Å². The highest BCUT2D eigenvalue weighted by atomic mass is 16.1. The molecule has 1 aliphatic carbocycles. The lowest BCUT2D eigenvalue weighted by Gasteiger charge is -2.25. The van der Waals surface area contributed by atoms with Crippen LogP contribution in [0, 0.1) is 12.8 Å². The Labute approximate surface area is 184 Å². The molecule has 0 saturated heterocycles. The first kappa shape index (κ1) is 20.0. The third-order valence-corrected chi connectivity index (χ3v) is 6.20. The second kappa shape index (κ2) is 7.99. The van der Waals surface area contributed by atoms with Crippen molar-refractivity contribution in [1.29, 1.82) is 0 Å². The number of fused-ring (bicyclic) bond motifs is 1. The van der Waals surface area contributed by atoms with Gasteiger partial charge in [0.15, 0.2) is 5.65 Å². The van der Waals surface area contributed by atoms with Gasteiger partial charge in [-0.3, -0.25) is 14.9 Å². The number of nitrogens with one attached hydrogen (secondary N) is 1. The maximum atomic E-state index is 12.5. The van der Waals surface area contributed by atoms with Crippen LogP contribution in [0.2, 0.25) is 0 Å². The minimum atomic E-state index is -0.603. The summed E-state index contributed by atoms with van der Waals surface area (Å²) >= 11 is 0. The molecule has 162 valence electrons. The van der Waals surface area contributed by atoms with E-state index in [1.54, 1.807) is 29.2 Å². The summed E-state index contributed by atoms with van der Waals surface area (Å²) in [5, 5.41) is 12.5. The van der Waals surface area contributed by atoms with Gasteiger partial charge >= 0.3 is 0 Å². The molecule has 1 saturated carbocycles. The second-order valence-corrected chi connectivity index (χ2v) is 8.31. The van der Waals surface area contributed by atoms with Gasteiger partial charge in [-0.15, -0.1) is 0 Å². The number of H-pyrrole nitrogens is 1. The van der Waals surface area contributed by atoms with Gasteiger partial charge in [0, 0.05) is 36.1 Å². The van der Waals surface area contributed by atoms with Gasteiger partial charge in [-0.05, 0) is 50.3 Å². The molecule has 0 atom stereocenters. The number of hydrogen-bond acceptors (Lipinski definition) is 6. The van der Waals surface area contributed by atoms with Gasteiger partial charge < -0.3 is 10.5 Å². The van der Waals surface area contributed by atoms with Crippen molar-refractivity contribution < 1.29 is 9.59 Å². The zero-order chi connectivity index (χ0) is 22.2. The lowest BCUT2D eigenvalue weighted by atomic mass is 9.79. The van der Waals surface area contributed by atoms with Gasteiger partial charge in [0.1, 0.15) is 23.2 Å². The Morgan fingerprint density at radius 2 is 2.00 bits per heavy atom. The number of aromatic nitrogens is 6. The van der Waals surface area contributed by atoms with E-state index >= 15 is 0 Å². The number of amides is 1. The molecule has 0 aliphatic heterocycles. The van der Waals surface area contributed by atoms with Crippen LogP contribution in [-0.4, -0.2) is 42.0 Å². The first-order valence-corrected chi connectivity index (χ1v) is 10.7. The van der Waals surface area contributed by atoms with E-state index in [0.717, 1.165) is 48.8 Å². The molecule has 0 spiro atoms. The third kappa shape index (κ3) is 3.35. The van der Waals surface area contributed by atoms with Crippen LogP contribution in [0.15, 0.2) is 36.8 Å². The maximum absolute atomic E-state index is 12.5. The molecular weight excluding hydrogens is 406 g/mol. The fourth-order valence-electron chi connectivity index (χ4n) is 4.52. The van der Waals surface area contributed by atoms with Gasteiger partial charge in [0.2, 0.25) is 0 Å². The van der Waals surface area contributed by atoms with E-state index in [1.807, 2.05) is 19.1 Å². The lowest BCUT2D eigenvalue weighted by Crippen LogP contribution is -2.16. The number of nitrogens with zero attached hydrogens (tertiary/aromatic N) is 5. The van der Waals surface area contributed by atoms with Crippen molar-refractivity contribution in [3.05, 3.63) is 53.6 Å². The Morgan fingerprint density at radius 3 is 2.69 bits per heavy atom. The van der Waals surface area contributed by atoms with Crippen molar-refractivity contribution in [2.75, 3.05) is 0 Å². The van der Waals surface area contributed by atoms with E-state index in [9.17, 15) is 9.59 Å². The van der Waals surface area contributed by atoms with Gasteiger partial charge in [-0.2, -0.15) is 10.2 Å². The highest BCUT2D eigenvalue weighted by molar-refractivity contribution is 6.06. The summed E-state index contributed by atoms with van der Waals surface area (Å²) in [5.74, 6) is -0.351. The zero-order valence-corrected chi connectivity index (χ0v) is 17.7. The highest BCUT2D eigenvalue weighted by Crippen LogP contribution is 2.43. The summed E-state index contributed by atoms with van der Waals surface area (Å²) in [4.78, 5) is 32.6. The second-order valence-electron chi connectivity index (χ2n) is 8.31. The first-order valence-electron chi connectivity index (χ1n) is 10.7. The number of aromatic amines is 1. The Hall–Kier alpha value is -3.88. The van der Waals surface area contributed by atoms with E-state index in [-0.39, 0.29) is 17.4 Å². The van der Waals surface area contributed by atoms with E-state index in [4.69, 9.17) is 5.73 Å². The van der Waals surface area contributed by atoms with Crippen LogP contribution < -0.4 is 5.73 Å². The number of pyridine rings is 1. The topological polar surface area (TPSA) is 132 Å². The molecule has 9 nitrogen and oxygen atoms in total. The van der Waals surface area contributed by atoms with Crippen LogP contribution in [0.25, 0.3) is 28.3 Å². The largest absolute Gasteiger partial charge is 0.365 e. The van der Waals surface area contributed by atoms with Crippen molar-refractivity contribution in [1.82, 2.24) is 29.8 Å². The minimum absolute atomic E-state index is 0.0939. The quantitative estimate of drug-likeness (QED) is 0.469. The fourth-order valence-corrected chi connectivity index (χ4v) is 4.52. The maximum Gasteiger partial charge on any atom is 0.254 e. The molecule has 1 amide bonds. The predicted octanol–water partition coefficient (Wildman–Crippen LogP) is 3.06. The van der Waals surface area contributed by atoms with Crippen LogP contribution in [0.5, 0.6) is 0 Å². The molecule has 0 unspecified atom stereocenters. The average Bonchev–Trinajstić information content (AvgIpc) is 3.41. The summed E-state index contributed by atoms with van der Waals surface area (Å²) in [6.45, 7) is 1.97. The summed E-state index contributed by atoms with van der Waals surface area (Å²) in [7, 11) is 0. The van der Waals surface area contributed by atoms with Gasteiger partial charge in [0.05, 0.1) is 11.3 Å². The Kier molecular flexibility index (Phi) is 5.01. The minimum Gasteiger partial charge on any atom is -0.365 e. The average molecular weight is 429 g/mol. The Bertz CT molecular complexity index is 1300. The SMILES string of the molecule is Cc1ccc(-c2n[nH]c(C3CCC(C=O)CC3)c2-c2nn3cccnc3c2C(N)=O)nc1. The summed E-state index contributed by atoms with van der Waals surface area (Å²) in [6.07, 6.45) is 9.49. The molecule has 1 fully saturated rings. The van der Waals surface area contributed by atoms with E-state index < -0.39 is 5.91 Å². The van der Waals surface area contributed by atoms with Gasteiger partial charge in [-0.25, -0.2) is 9.50 Å². The molecule has 9 heteroatoms. The summed E-state index contributed by atoms with van der Waals surface area (Å²) in [5.41, 5.74) is 10.8. The molecule has 1 aliphatic rings. The molecule has 0 aromatic carbocycles. The highest BCUT2D eigenvalue weighted by Gasteiger charge is 2.32. The normalized spacial score (nSPS) is 18.7. The molecule has 3 N–H and O–H groups in total. The Balaban J connectivity index is 1.73. The number of rotatable bonds is 5. The number of carbonyl (C=O) groups is 2. The van der Waals surface area contributed by atoms with Crippen LogP contribution >= 0.6 is 0 Å². The van der Waals surface area contributed by atoms with Crippen LogP contribution in [0.4, 0.5) is 0 Å². The molecule has 32 heavy (non-hydrogen) atoms. The molecule has 4 heterocycles. The standard InChI is InChI=1S/C23H23N7O2/c1-13-3-8-16(26-11-13)20-17(19(27-28-20)15-6-4-14(12-31)5-7-15)21-18(22(24)32)23-25-9-2-10-30(23)29-21/h2-3,8-12,14-15H,4-7H2,1H3,(H2,24,32)(H,27,28). The predicted molar refractivity (Wildman–Crippen MR) is 118 cm³/mol. The van der Waals surface area contributed by atoms with Crippen LogP contribution in [0.1, 0.15) is 53.2 Å². The van der Waals surface area contributed by atoms with Gasteiger partial charge in [0.25, 0.3) is 5.91 Å². The molecular formula is C23H23N7O2. The summed E-state index contributed by atoms with van der Waals surface area (Å²) in [6, 6.07) is 5.62. The smallest absolute Gasteiger partial charge is 0.254 e.